The largest absolute Gasteiger partial charge is 0.350 e. The summed E-state index contributed by atoms with van der Waals surface area (Å²) in [6.45, 7) is 8.17. The zero-order valence-corrected chi connectivity index (χ0v) is 16.1. The predicted octanol–water partition coefficient (Wildman–Crippen LogP) is 5.45. The van der Waals surface area contributed by atoms with Gasteiger partial charge in [-0.3, -0.25) is 4.98 Å². The average Bonchev–Trinajstić information content (AvgIpc) is 2.57. The Hall–Kier alpha value is -2.66. The van der Waals surface area contributed by atoms with E-state index in [1.54, 1.807) is 6.20 Å². The molecule has 0 amide bonds. The number of hydrogen-bond acceptors (Lipinski definition) is 5. The molecule has 0 saturated carbocycles. The third-order valence-corrected chi connectivity index (χ3v) is 3.99. The summed E-state index contributed by atoms with van der Waals surface area (Å²) >= 11 is 6.23. The average molecular weight is 368 g/mol. The van der Waals surface area contributed by atoms with Gasteiger partial charge in [0.2, 0.25) is 5.95 Å². The number of aryl methyl sites for hydroxylation is 1. The van der Waals surface area contributed by atoms with Crippen LogP contribution in [0, 0.1) is 6.92 Å². The molecule has 0 fully saturated rings. The molecule has 0 bridgehead atoms. The molecule has 134 valence electrons. The normalized spacial score (nSPS) is 11.3. The smallest absolute Gasteiger partial charge is 0.225 e. The summed E-state index contributed by atoms with van der Waals surface area (Å²) in [6.07, 6.45) is 1.75. The standard InChI is InChI=1S/C20H22ClN5/c1-13-8-9-14(11-15(13)21)23-18-12-17(16-7-5-6-10-22-16)24-19(25-18)26-20(2,3)4/h5-12H,1-4H3,(H2,23,24,25,26). The molecule has 26 heavy (non-hydrogen) atoms. The third kappa shape index (κ3) is 4.70. The highest BCUT2D eigenvalue weighted by Crippen LogP contribution is 2.26. The van der Waals surface area contributed by atoms with E-state index >= 15 is 0 Å². The van der Waals surface area contributed by atoms with Gasteiger partial charge in [-0.05, 0) is 57.5 Å². The summed E-state index contributed by atoms with van der Waals surface area (Å²) in [5, 5.41) is 7.34. The van der Waals surface area contributed by atoms with Crippen molar-refractivity contribution in [1.82, 2.24) is 15.0 Å². The SMILES string of the molecule is Cc1ccc(Nc2cc(-c3ccccn3)nc(NC(C)(C)C)n2)cc1Cl. The van der Waals surface area contributed by atoms with Gasteiger partial charge in [-0.15, -0.1) is 0 Å². The molecule has 2 heterocycles. The van der Waals surface area contributed by atoms with Crippen molar-refractivity contribution in [1.29, 1.82) is 0 Å². The van der Waals surface area contributed by atoms with Gasteiger partial charge >= 0.3 is 0 Å². The first-order valence-electron chi connectivity index (χ1n) is 8.42. The fraction of sp³-hybridized carbons (Fsp3) is 0.250. The maximum atomic E-state index is 6.23. The third-order valence-electron chi connectivity index (χ3n) is 3.58. The van der Waals surface area contributed by atoms with Crippen LogP contribution in [0.1, 0.15) is 26.3 Å². The van der Waals surface area contributed by atoms with Gasteiger partial charge in [0.05, 0.1) is 11.4 Å². The number of aromatic nitrogens is 3. The van der Waals surface area contributed by atoms with Gasteiger partial charge in [-0.25, -0.2) is 4.98 Å². The van der Waals surface area contributed by atoms with E-state index in [-0.39, 0.29) is 5.54 Å². The van der Waals surface area contributed by atoms with E-state index < -0.39 is 0 Å². The first-order valence-corrected chi connectivity index (χ1v) is 8.80. The Bertz CT molecular complexity index is 904. The van der Waals surface area contributed by atoms with E-state index in [2.05, 4.69) is 46.4 Å². The van der Waals surface area contributed by atoms with Crippen LogP contribution in [-0.2, 0) is 0 Å². The van der Waals surface area contributed by atoms with Crippen molar-refractivity contribution in [3.63, 3.8) is 0 Å². The van der Waals surface area contributed by atoms with Gasteiger partial charge in [0, 0.05) is 28.5 Å². The molecule has 0 saturated heterocycles. The van der Waals surface area contributed by atoms with E-state index in [9.17, 15) is 0 Å². The van der Waals surface area contributed by atoms with Crippen molar-refractivity contribution in [2.45, 2.75) is 33.2 Å². The van der Waals surface area contributed by atoms with Crippen LogP contribution >= 0.6 is 11.6 Å². The number of halogens is 1. The lowest BCUT2D eigenvalue weighted by Gasteiger charge is -2.21. The molecular formula is C20H22ClN5. The first-order chi connectivity index (χ1) is 12.3. The predicted molar refractivity (Wildman–Crippen MR) is 108 cm³/mol. The maximum Gasteiger partial charge on any atom is 0.225 e. The van der Waals surface area contributed by atoms with Crippen molar-refractivity contribution in [2.24, 2.45) is 0 Å². The first kappa shape index (κ1) is 18.1. The van der Waals surface area contributed by atoms with Crippen molar-refractivity contribution in [3.05, 3.63) is 59.2 Å². The Morgan fingerprint density at radius 2 is 1.77 bits per heavy atom. The zero-order chi connectivity index (χ0) is 18.7. The summed E-state index contributed by atoms with van der Waals surface area (Å²) in [6, 6.07) is 13.5. The Labute approximate surface area is 158 Å². The molecule has 6 heteroatoms. The molecule has 3 aromatic rings. The minimum atomic E-state index is -0.160. The van der Waals surface area contributed by atoms with Gasteiger partial charge in [-0.2, -0.15) is 4.98 Å². The maximum absolute atomic E-state index is 6.23. The topological polar surface area (TPSA) is 62.7 Å². The minimum absolute atomic E-state index is 0.160. The quantitative estimate of drug-likeness (QED) is 0.641. The van der Waals surface area contributed by atoms with Gasteiger partial charge in [0.1, 0.15) is 5.82 Å². The van der Waals surface area contributed by atoms with Gasteiger partial charge in [0.25, 0.3) is 0 Å². The van der Waals surface area contributed by atoms with E-state index in [1.165, 1.54) is 0 Å². The number of benzene rings is 1. The molecule has 0 radical (unpaired) electrons. The fourth-order valence-corrected chi connectivity index (χ4v) is 2.55. The molecular weight excluding hydrogens is 346 g/mol. The Balaban J connectivity index is 2.00. The second kappa shape index (κ2) is 7.30. The van der Waals surface area contributed by atoms with Crippen LogP contribution in [0.15, 0.2) is 48.7 Å². The van der Waals surface area contributed by atoms with E-state index in [4.69, 9.17) is 11.6 Å². The summed E-state index contributed by atoms with van der Waals surface area (Å²) in [5.41, 5.74) is 3.27. The van der Waals surface area contributed by atoms with Crippen molar-refractivity contribution in [3.8, 4) is 11.4 Å². The lowest BCUT2D eigenvalue weighted by Crippen LogP contribution is -2.27. The molecule has 1 aromatic carbocycles. The van der Waals surface area contributed by atoms with Crippen molar-refractivity contribution < 1.29 is 0 Å². The van der Waals surface area contributed by atoms with Crippen LogP contribution in [0.3, 0.4) is 0 Å². The van der Waals surface area contributed by atoms with Crippen LogP contribution < -0.4 is 10.6 Å². The van der Waals surface area contributed by atoms with Crippen molar-refractivity contribution in [2.75, 3.05) is 10.6 Å². The lowest BCUT2D eigenvalue weighted by atomic mass is 10.1. The number of rotatable bonds is 4. The van der Waals surface area contributed by atoms with Crippen LogP contribution in [0.4, 0.5) is 17.5 Å². The molecule has 5 nitrogen and oxygen atoms in total. The monoisotopic (exact) mass is 367 g/mol. The number of nitrogens with zero attached hydrogens (tertiary/aromatic N) is 3. The molecule has 0 aliphatic rings. The number of anilines is 3. The second-order valence-corrected chi connectivity index (χ2v) is 7.55. The molecule has 2 N–H and O–H groups in total. The Kier molecular flexibility index (Phi) is 5.09. The van der Waals surface area contributed by atoms with E-state index in [1.807, 2.05) is 49.4 Å². The van der Waals surface area contributed by atoms with Crippen LogP contribution in [0.25, 0.3) is 11.4 Å². The van der Waals surface area contributed by atoms with Gasteiger partial charge < -0.3 is 10.6 Å². The Morgan fingerprint density at radius 1 is 0.962 bits per heavy atom. The minimum Gasteiger partial charge on any atom is -0.350 e. The molecule has 2 aromatic heterocycles. The summed E-state index contributed by atoms with van der Waals surface area (Å²) in [4.78, 5) is 13.6. The fourth-order valence-electron chi connectivity index (χ4n) is 2.37. The highest BCUT2D eigenvalue weighted by Gasteiger charge is 2.14. The summed E-state index contributed by atoms with van der Waals surface area (Å²) < 4.78 is 0. The summed E-state index contributed by atoms with van der Waals surface area (Å²) in [5.74, 6) is 1.22. The second-order valence-electron chi connectivity index (χ2n) is 7.14. The number of hydrogen-bond donors (Lipinski definition) is 2. The molecule has 0 aliphatic heterocycles. The van der Waals surface area contributed by atoms with Crippen LogP contribution in [-0.4, -0.2) is 20.5 Å². The highest BCUT2D eigenvalue weighted by molar-refractivity contribution is 6.31. The van der Waals surface area contributed by atoms with Crippen molar-refractivity contribution >= 4 is 29.1 Å². The number of pyridine rings is 1. The Morgan fingerprint density at radius 3 is 2.42 bits per heavy atom. The van der Waals surface area contributed by atoms with E-state index in [0.29, 0.717) is 16.8 Å². The number of nitrogens with one attached hydrogen (secondary N) is 2. The van der Waals surface area contributed by atoms with Crippen LogP contribution in [0.5, 0.6) is 0 Å². The summed E-state index contributed by atoms with van der Waals surface area (Å²) in [7, 11) is 0. The highest BCUT2D eigenvalue weighted by atomic mass is 35.5. The van der Waals surface area contributed by atoms with Crippen LogP contribution in [0.2, 0.25) is 5.02 Å². The molecule has 0 aliphatic carbocycles. The van der Waals surface area contributed by atoms with E-state index in [0.717, 1.165) is 22.6 Å². The van der Waals surface area contributed by atoms with Gasteiger partial charge in [-0.1, -0.05) is 23.7 Å². The zero-order valence-electron chi connectivity index (χ0n) is 15.3. The molecule has 0 spiro atoms. The van der Waals surface area contributed by atoms with Gasteiger partial charge in [0.15, 0.2) is 0 Å². The lowest BCUT2D eigenvalue weighted by molar-refractivity contribution is 0.626. The molecule has 0 atom stereocenters. The molecule has 3 rings (SSSR count). The molecule has 0 unspecified atom stereocenters.